The van der Waals surface area contributed by atoms with Crippen molar-refractivity contribution in [2.45, 2.75) is 32.0 Å². The predicted octanol–water partition coefficient (Wildman–Crippen LogP) is 4.64. The molecule has 0 spiro atoms. The summed E-state index contributed by atoms with van der Waals surface area (Å²) in [6.07, 6.45) is 6.34. The van der Waals surface area contributed by atoms with E-state index in [0.717, 1.165) is 12.3 Å². The van der Waals surface area contributed by atoms with Crippen LogP contribution in [0.5, 0.6) is 0 Å². The first-order valence-corrected chi connectivity index (χ1v) is 8.72. The summed E-state index contributed by atoms with van der Waals surface area (Å²) in [4.78, 5) is 2.39. The van der Waals surface area contributed by atoms with E-state index in [1.54, 1.807) is 12.1 Å². The molecule has 0 saturated heterocycles. The Morgan fingerprint density at radius 3 is 2.80 bits per heavy atom. The number of rotatable bonds is 6. The van der Waals surface area contributed by atoms with Crippen LogP contribution in [0.15, 0.2) is 47.1 Å². The number of aromatic nitrogens is 2. The van der Waals surface area contributed by atoms with Crippen molar-refractivity contribution in [1.82, 2.24) is 14.7 Å². The first-order chi connectivity index (χ1) is 12.1. The third-order valence-electron chi connectivity index (χ3n) is 4.42. The molecule has 0 radical (unpaired) electrons. The van der Waals surface area contributed by atoms with E-state index in [1.165, 1.54) is 24.5 Å². The summed E-state index contributed by atoms with van der Waals surface area (Å²) in [6.45, 7) is 1.54. The highest BCUT2D eigenvalue weighted by Crippen LogP contribution is 2.32. The fourth-order valence-electron chi connectivity index (χ4n) is 3.04. The fraction of sp³-hybridized carbons (Fsp3) is 0.316. The fourth-order valence-corrected chi connectivity index (χ4v) is 3.20. The van der Waals surface area contributed by atoms with E-state index < -0.39 is 0 Å². The van der Waals surface area contributed by atoms with Gasteiger partial charge < -0.3 is 4.42 Å². The minimum atomic E-state index is -0.372. The van der Waals surface area contributed by atoms with Crippen molar-refractivity contribution in [3.8, 4) is 11.3 Å². The van der Waals surface area contributed by atoms with Gasteiger partial charge in [-0.3, -0.25) is 9.58 Å². The van der Waals surface area contributed by atoms with Crippen molar-refractivity contribution in [3.63, 3.8) is 0 Å². The van der Waals surface area contributed by atoms with Gasteiger partial charge in [0.15, 0.2) is 0 Å². The van der Waals surface area contributed by atoms with Crippen LogP contribution in [0.3, 0.4) is 0 Å². The lowest BCUT2D eigenvalue weighted by Gasteiger charge is -2.19. The van der Waals surface area contributed by atoms with Crippen LogP contribution >= 0.6 is 11.6 Å². The number of aryl methyl sites for hydroxylation is 1. The van der Waals surface area contributed by atoms with Crippen LogP contribution in [0.2, 0.25) is 5.02 Å². The van der Waals surface area contributed by atoms with E-state index >= 15 is 0 Å². The molecule has 1 saturated carbocycles. The summed E-state index contributed by atoms with van der Waals surface area (Å²) >= 11 is 5.81. The molecule has 0 N–H and O–H groups in total. The normalized spacial score (nSPS) is 14.4. The van der Waals surface area contributed by atoms with Crippen molar-refractivity contribution in [1.29, 1.82) is 0 Å². The van der Waals surface area contributed by atoms with Gasteiger partial charge >= 0.3 is 0 Å². The van der Waals surface area contributed by atoms with Crippen LogP contribution in [0.4, 0.5) is 4.39 Å². The van der Waals surface area contributed by atoms with Crippen molar-refractivity contribution < 1.29 is 8.81 Å². The standard InChI is InChI=1S/C19H19ClFN3O/c1-23-10-13(9-22-23)11-24(15-3-4-15)12-16-5-7-19(25-16)17-6-2-14(20)8-18(17)21/h2,5-10,15H,3-4,11-12H2,1H3. The molecule has 1 aliphatic carbocycles. The molecular formula is C19H19ClFN3O. The minimum absolute atomic E-state index is 0.372. The van der Waals surface area contributed by atoms with Gasteiger partial charge in [-0.2, -0.15) is 5.10 Å². The van der Waals surface area contributed by atoms with Crippen LogP contribution in [-0.2, 0) is 20.1 Å². The highest BCUT2D eigenvalue weighted by atomic mass is 35.5. The Balaban J connectivity index is 1.50. The van der Waals surface area contributed by atoms with Gasteiger partial charge in [0, 0.05) is 36.4 Å². The van der Waals surface area contributed by atoms with Crippen molar-refractivity contribution >= 4 is 11.6 Å². The van der Waals surface area contributed by atoms with E-state index in [2.05, 4.69) is 10.00 Å². The molecule has 1 fully saturated rings. The molecule has 0 aliphatic heterocycles. The summed E-state index contributed by atoms with van der Waals surface area (Å²) in [6, 6.07) is 8.94. The van der Waals surface area contributed by atoms with Gasteiger partial charge in [-0.25, -0.2) is 4.39 Å². The Labute approximate surface area is 150 Å². The van der Waals surface area contributed by atoms with Gasteiger partial charge in [-0.15, -0.1) is 0 Å². The maximum Gasteiger partial charge on any atom is 0.137 e. The second-order valence-electron chi connectivity index (χ2n) is 6.55. The van der Waals surface area contributed by atoms with E-state index in [4.69, 9.17) is 16.0 Å². The van der Waals surface area contributed by atoms with Gasteiger partial charge in [-0.05, 0) is 43.2 Å². The lowest BCUT2D eigenvalue weighted by Crippen LogP contribution is -2.24. The molecule has 0 unspecified atom stereocenters. The Kier molecular flexibility index (Phi) is 4.36. The van der Waals surface area contributed by atoms with Gasteiger partial charge in [-0.1, -0.05) is 11.6 Å². The molecule has 1 aromatic carbocycles. The third kappa shape index (κ3) is 3.78. The summed E-state index contributed by atoms with van der Waals surface area (Å²) < 4.78 is 21.8. The van der Waals surface area contributed by atoms with Crippen molar-refractivity contribution in [3.05, 3.63) is 64.9 Å². The molecular weight excluding hydrogens is 341 g/mol. The Morgan fingerprint density at radius 2 is 2.12 bits per heavy atom. The smallest absolute Gasteiger partial charge is 0.137 e. The number of hydrogen-bond donors (Lipinski definition) is 0. The lowest BCUT2D eigenvalue weighted by molar-refractivity contribution is 0.226. The van der Waals surface area contributed by atoms with Gasteiger partial charge in [0.05, 0.1) is 18.3 Å². The average molecular weight is 360 g/mol. The van der Waals surface area contributed by atoms with Crippen LogP contribution in [-0.4, -0.2) is 20.7 Å². The first-order valence-electron chi connectivity index (χ1n) is 8.34. The van der Waals surface area contributed by atoms with E-state index in [1.807, 2.05) is 36.3 Å². The number of benzene rings is 1. The molecule has 3 aromatic rings. The molecule has 25 heavy (non-hydrogen) atoms. The monoisotopic (exact) mass is 359 g/mol. The quantitative estimate of drug-likeness (QED) is 0.643. The lowest BCUT2D eigenvalue weighted by atomic mass is 10.1. The maximum atomic E-state index is 14.1. The van der Waals surface area contributed by atoms with Crippen LogP contribution in [0.1, 0.15) is 24.2 Å². The molecule has 2 aromatic heterocycles. The zero-order valence-electron chi connectivity index (χ0n) is 14.0. The van der Waals surface area contributed by atoms with Crippen molar-refractivity contribution in [2.24, 2.45) is 7.05 Å². The van der Waals surface area contributed by atoms with E-state index in [9.17, 15) is 4.39 Å². The molecule has 6 heteroatoms. The topological polar surface area (TPSA) is 34.2 Å². The summed E-state index contributed by atoms with van der Waals surface area (Å²) in [5, 5.41) is 4.61. The SMILES string of the molecule is Cn1cc(CN(Cc2ccc(-c3ccc(Cl)cc3F)o2)C2CC2)cn1. The van der Waals surface area contributed by atoms with Crippen LogP contribution in [0.25, 0.3) is 11.3 Å². The maximum absolute atomic E-state index is 14.1. The third-order valence-corrected chi connectivity index (χ3v) is 4.66. The number of hydrogen-bond acceptors (Lipinski definition) is 3. The minimum Gasteiger partial charge on any atom is -0.460 e. The van der Waals surface area contributed by atoms with Gasteiger partial charge in [0.25, 0.3) is 0 Å². The Hall–Kier alpha value is -2.11. The van der Waals surface area contributed by atoms with Crippen molar-refractivity contribution in [2.75, 3.05) is 0 Å². The number of halogens is 2. The van der Waals surface area contributed by atoms with Gasteiger partial charge in [0.1, 0.15) is 17.3 Å². The second-order valence-corrected chi connectivity index (χ2v) is 6.98. The van der Waals surface area contributed by atoms with E-state index in [-0.39, 0.29) is 5.82 Å². The molecule has 130 valence electrons. The summed E-state index contributed by atoms with van der Waals surface area (Å²) in [7, 11) is 1.92. The van der Waals surface area contributed by atoms with Crippen LogP contribution < -0.4 is 0 Å². The predicted molar refractivity (Wildman–Crippen MR) is 94.6 cm³/mol. The molecule has 0 bridgehead atoms. The number of furan rings is 1. The van der Waals surface area contributed by atoms with E-state index in [0.29, 0.717) is 28.9 Å². The highest BCUT2D eigenvalue weighted by Gasteiger charge is 2.30. The molecule has 0 amide bonds. The molecule has 0 atom stereocenters. The Morgan fingerprint density at radius 1 is 1.28 bits per heavy atom. The molecule has 2 heterocycles. The van der Waals surface area contributed by atoms with Crippen LogP contribution in [0, 0.1) is 5.82 Å². The average Bonchev–Trinajstić information content (AvgIpc) is 3.19. The second kappa shape index (κ2) is 6.65. The van der Waals surface area contributed by atoms with Gasteiger partial charge in [0.2, 0.25) is 0 Å². The summed E-state index contributed by atoms with van der Waals surface area (Å²) in [5.74, 6) is 0.990. The highest BCUT2D eigenvalue weighted by molar-refractivity contribution is 6.30. The molecule has 4 nitrogen and oxygen atoms in total. The summed E-state index contributed by atoms with van der Waals surface area (Å²) in [5.41, 5.74) is 1.62. The Bertz CT molecular complexity index is 884. The molecule has 1 aliphatic rings. The molecule has 4 rings (SSSR count). The zero-order valence-corrected chi connectivity index (χ0v) is 14.7. The first kappa shape index (κ1) is 16.4. The largest absolute Gasteiger partial charge is 0.460 e. The zero-order chi connectivity index (χ0) is 17.4. The number of nitrogens with zero attached hydrogens (tertiary/aromatic N) is 3.